The van der Waals surface area contributed by atoms with Crippen molar-refractivity contribution in [2.45, 2.75) is 46.3 Å². The molecule has 0 spiro atoms. The lowest BCUT2D eigenvalue weighted by Crippen LogP contribution is -2.32. The highest BCUT2D eigenvalue weighted by Gasteiger charge is 2.31. The summed E-state index contributed by atoms with van der Waals surface area (Å²) in [7, 11) is 0. The fourth-order valence-electron chi connectivity index (χ4n) is 3.89. The summed E-state index contributed by atoms with van der Waals surface area (Å²) in [5.74, 6) is -0.823. The van der Waals surface area contributed by atoms with Crippen LogP contribution >= 0.6 is 0 Å². The van der Waals surface area contributed by atoms with Crippen LogP contribution < -0.4 is 9.47 Å². The molecular weight excluding hydrogens is 517 g/mol. The van der Waals surface area contributed by atoms with Gasteiger partial charge in [-0.3, -0.25) is 14.6 Å². The molecule has 39 heavy (non-hydrogen) atoms. The normalized spacial score (nSPS) is 11.2. The fourth-order valence-corrected chi connectivity index (χ4v) is 3.89. The number of nitrogens with zero attached hydrogens (tertiary/aromatic N) is 4. The highest BCUT2D eigenvalue weighted by atomic mass is 19.4. The van der Waals surface area contributed by atoms with E-state index in [2.05, 4.69) is 15.0 Å². The van der Waals surface area contributed by atoms with Crippen molar-refractivity contribution in [3.8, 4) is 22.9 Å². The summed E-state index contributed by atoms with van der Waals surface area (Å²) in [4.78, 5) is 38.3. The van der Waals surface area contributed by atoms with E-state index in [0.29, 0.717) is 29.9 Å². The molecule has 0 aliphatic carbocycles. The van der Waals surface area contributed by atoms with Gasteiger partial charge in [-0.1, -0.05) is 6.07 Å². The Morgan fingerprint density at radius 3 is 2.18 bits per heavy atom. The van der Waals surface area contributed by atoms with Crippen LogP contribution in [0, 0.1) is 0 Å². The summed E-state index contributed by atoms with van der Waals surface area (Å²) in [5.41, 5.74) is 0.602. The van der Waals surface area contributed by atoms with Gasteiger partial charge in [0, 0.05) is 31.0 Å². The van der Waals surface area contributed by atoms with Crippen molar-refractivity contribution >= 4 is 11.9 Å². The van der Waals surface area contributed by atoms with Crippen molar-refractivity contribution in [1.29, 1.82) is 0 Å². The molecule has 0 bridgehead atoms. The van der Waals surface area contributed by atoms with Crippen molar-refractivity contribution in [2.24, 2.45) is 0 Å². The number of pyridine rings is 1. The molecule has 2 heterocycles. The summed E-state index contributed by atoms with van der Waals surface area (Å²) in [5, 5.41) is 9.11. The Hall–Kier alpha value is -4.22. The molecule has 0 radical (unpaired) electrons. The quantitative estimate of drug-likeness (QED) is 0.351. The number of carbonyl (C=O) groups excluding carboxylic acids is 1. The molecule has 0 aliphatic heterocycles. The van der Waals surface area contributed by atoms with Crippen molar-refractivity contribution in [2.75, 3.05) is 19.8 Å². The van der Waals surface area contributed by atoms with Gasteiger partial charge in [0.15, 0.2) is 0 Å². The third-order valence-electron chi connectivity index (χ3n) is 5.61. The topological polar surface area (TPSA) is 115 Å². The van der Waals surface area contributed by atoms with Crippen LogP contribution in [-0.2, 0) is 35.2 Å². The van der Waals surface area contributed by atoms with E-state index in [4.69, 9.17) is 14.6 Å². The Morgan fingerprint density at radius 1 is 0.949 bits per heavy atom. The minimum atomic E-state index is -4.60. The molecule has 12 heteroatoms. The number of carboxylic acid groups (broad SMARTS) is 1. The number of hydrogen-bond acceptors (Lipinski definition) is 7. The van der Waals surface area contributed by atoms with Gasteiger partial charge >= 0.3 is 12.1 Å². The van der Waals surface area contributed by atoms with Crippen LogP contribution in [-0.4, -0.2) is 56.6 Å². The maximum atomic E-state index is 13.6. The largest absolute Gasteiger partial charge is 0.481 e. The van der Waals surface area contributed by atoms with Crippen LogP contribution in [0.25, 0.3) is 11.1 Å². The van der Waals surface area contributed by atoms with E-state index >= 15 is 0 Å². The van der Waals surface area contributed by atoms with Crippen molar-refractivity contribution < 1.29 is 37.3 Å². The molecule has 0 unspecified atom stereocenters. The minimum absolute atomic E-state index is 0.138. The molecule has 0 saturated carbocycles. The molecule has 0 atom stereocenters. The predicted octanol–water partition coefficient (Wildman–Crippen LogP) is 4.57. The second kappa shape index (κ2) is 13.0. The Labute approximate surface area is 223 Å². The van der Waals surface area contributed by atoms with E-state index in [1.54, 1.807) is 26.8 Å². The third kappa shape index (κ3) is 8.13. The Balaban J connectivity index is 1.95. The van der Waals surface area contributed by atoms with Gasteiger partial charge in [0.1, 0.15) is 5.82 Å². The SMILES string of the molecule is CCOc1cc(OCC)nc(CC(=O)N(CC)Cc2cc(C(F)(F)F)ccc2-c2cncc(CC(=O)O)c2)n1. The maximum Gasteiger partial charge on any atom is 0.416 e. The van der Waals surface area contributed by atoms with Gasteiger partial charge < -0.3 is 19.5 Å². The van der Waals surface area contributed by atoms with Gasteiger partial charge in [0.2, 0.25) is 17.7 Å². The molecule has 9 nitrogen and oxygen atoms in total. The number of carboxylic acids is 1. The molecule has 1 N–H and O–H groups in total. The van der Waals surface area contributed by atoms with Gasteiger partial charge in [-0.2, -0.15) is 23.1 Å². The lowest BCUT2D eigenvalue weighted by atomic mass is 9.96. The van der Waals surface area contributed by atoms with Crippen LogP contribution in [0.5, 0.6) is 11.8 Å². The average molecular weight is 547 g/mol. The molecule has 0 fully saturated rings. The Bertz CT molecular complexity index is 1290. The number of hydrogen-bond donors (Lipinski definition) is 1. The molecule has 208 valence electrons. The number of rotatable bonds is 12. The number of likely N-dealkylation sites (N-methyl/N-ethyl adjacent to an activating group) is 1. The molecular formula is C27H29F3N4O5. The van der Waals surface area contributed by atoms with Crippen LogP contribution in [0.1, 0.15) is 43.3 Å². The molecule has 3 aromatic rings. The van der Waals surface area contributed by atoms with E-state index in [1.165, 1.54) is 29.4 Å². The first-order valence-electron chi connectivity index (χ1n) is 12.3. The molecule has 1 aromatic carbocycles. The standard InChI is InChI=1S/C27H29F3N4O5/c1-4-34(25(35)12-22-32-23(38-5-2)13-24(33-22)39-6-3)16-19-11-20(27(28,29)30)7-8-21(19)18-9-17(10-26(36)37)14-31-15-18/h7-9,11,13-15H,4-6,10,12,16H2,1-3H3,(H,36,37). The second-order valence-corrected chi connectivity index (χ2v) is 8.43. The van der Waals surface area contributed by atoms with Gasteiger partial charge in [0.25, 0.3) is 0 Å². The molecule has 0 aliphatic rings. The number of benzene rings is 1. The Morgan fingerprint density at radius 2 is 1.62 bits per heavy atom. The lowest BCUT2D eigenvalue weighted by Gasteiger charge is -2.23. The summed E-state index contributed by atoms with van der Waals surface area (Å²) in [6.45, 7) is 6.03. The van der Waals surface area contributed by atoms with E-state index < -0.39 is 23.6 Å². The van der Waals surface area contributed by atoms with Gasteiger partial charge in [-0.05, 0) is 55.7 Å². The van der Waals surface area contributed by atoms with E-state index in [0.717, 1.165) is 12.1 Å². The minimum Gasteiger partial charge on any atom is -0.481 e. The zero-order chi connectivity index (χ0) is 28.6. The first-order valence-corrected chi connectivity index (χ1v) is 12.3. The smallest absolute Gasteiger partial charge is 0.416 e. The highest BCUT2D eigenvalue weighted by molar-refractivity contribution is 5.79. The number of amides is 1. The highest BCUT2D eigenvalue weighted by Crippen LogP contribution is 2.34. The van der Waals surface area contributed by atoms with Crippen molar-refractivity contribution in [3.05, 3.63) is 65.2 Å². The van der Waals surface area contributed by atoms with Crippen LogP contribution in [0.2, 0.25) is 0 Å². The second-order valence-electron chi connectivity index (χ2n) is 8.43. The fraction of sp³-hybridized carbons (Fsp3) is 0.370. The number of aliphatic carboxylic acids is 1. The number of halogens is 3. The number of alkyl halides is 3. The summed E-state index contributed by atoms with van der Waals surface area (Å²) < 4.78 is 51.6. The van der Waals surface area contributed by atoms with Crippen LogP contribution in [0.15, 0.2) is 42.7 Å². The molecule has 3 rings (SSSR count). The molecule has 1 amide bonds. The van der Waals surface area contributed by atoms with E-state index in [-0.39, 0.29) is 49.1 Å². The zero-order valence-corrected chi connectivity index (χ0v) is 21.8. The monoisotopic (exact) mass is 546 g/mol. The van der Waals surface area contributed by atoms with Gasteiger partial charge in [-0.15, -0.1) is 0 Å². The summed E-state index contributed by atoms with van der Waals surface area (Å²) in [6, 6.07) is 6.33. The van der Waals surface area contributed by atoms with Crippen LogP contribution in [0.4, 0.5) is 13.2 Å². The van der Waals surface area contributed by atoms with Crippen molar-refractivity contribution in [1.82, 2.24) is 19.9 Å². The van der Waals surface area contributed by atoms with Crippen LogP contribution in [0.3, 0.4) is 0 Å². The number of ether oxygens (including phenoxy) is 2. The van der Waals surface area contributed by atoms with E-state index in [9.17, 15) is 22.8 Å². The zero-order valence-electron chi connectivity index (χ0n) is 21.8. The summed E-state index contributed by atoms with van der Waals surface area (Å²) in [6.07, 6.45) is -2.28. The molecule has 2 aromatic heterocycles. The maximum absolute atomic E-state index is 13.6. The average Bonchev–Trinajstić information content (AvgIpc) is 2.86. The Kier molecular flexibility index (Phi) is 9.80. The first-order chi connectivity index (χ1) is 18.5. The number of carbonyl (C=O) groups is 2. The van der Waals surface area contributed by atoms with Gasteiger partial charge in [-0.25, -0.2) is 0 Å². The lowest BCUT2D eigenvalue weighted by molar-refractivity contribution is -0.138. The van der Waals surface area contributed by atoms with Gasteiger partial charge in [0.05, 0.1) is 37.7 Å². The first kappa shape index (κ1) is 29.3. The predicted molar refractivity (Wildman–Crippen MR) is 135 cm³/mol. The van der Waals surface area contributed by atoms with Crippen molar-refractivity contribution in [3.63, 3.8) is 0 Å². The molecule has 0 saturated heterocycles. The third-order valence-corrected chi connectivity index (χ3v) is 5.61. The van der Waals surface area contributed by atoms with E-state index in [1.807, 2.05) is 0 Å². The summed E-state index contributed by atoms with van der Waals surface area (Å²) >= 11 is 0. The number of aromatic nitrogens is 3.